The number of carbonyl (C=O) groups excluding carboxylic acids is 2. The minimum Gasteiger partial charge on any atom is -0.376 e. The van der Waals surface area contributed by atoms with Crippen molar-refractivity contribution in [3.63, 3.8) is 0 Å². The van der Waals surface area contributed by atoms with Crippen molar-refractivity contribution in [2.75, 3.05) is 30.8 Å². The number of hydrogen-bond donors (Lipinski definition) is 3. The van der Waals surface area contributed by atoms with Crippen molar-refractivity contribution in [2.45, 2.75) is 38.6 Å². The highest BCUT2D eigenvalue weighted by atomic mass is 32.2. The number of benzene rings is 2. The largest absolute Gasteiger partial charge is 0.376 e. The van der Waals surface area contributed by atoms with Crippen LogP contribution in [0.5, 0.6) is 0 Å². The van der Waals surface area contributed by atoms with Gasteiger partial charge in [-0.15, -0.1) is 0 Å². The summed E-state index contributed by atoms with van der Waals surface area (Å²) in [6.07, 6.45) is 0. The first-order valence-corrected chi connectivity index (χ1v) is 11.4. The molecule has 0 spiro atoms. The van der Waals surface area contributed by atoms with Crippen molar-refractivity contribution in [2.24, 2.45) is 0 Å². The molecule has 0 saturated heterocycles. The van der Waals surface area contributed by atoms with Crippen molar-refractivity contribution in [3.05, 3.63) is 53.6 Å². The third kappa shape index (κ3) is 6.53. The fourth-order valence-corrected chi connectivity index (χ4v) is 4.18. The summed E-state index contributed by atoms with van der Waals surface area (Å²) in [5, 5.41) is 8.28. The molecule has 0 unspecified atom stereocenters. The third-order valence-electron chi connectivity index (χ3n) is 4.90. The van der Waals surface area contributed by atoms with Crippen LogP contribution < -0.4 is 16.0 Å². The number of aryl methyl sites for hydroxylation is 2. The van der Waals surface area contributed by atoms with Gasteiger partial charge < -0.3 is 16.0 Å². The Hall–Kier alpha value is -2.91. The molecule has 8 nitrogen and oxygen atoms in total. The van der Waals surface area contributed by atoms with E-state index in [4.69, 9.17) is 0 Å². The maximum atomic E-state index is 12.5. The Morgan fingerprint density at radius 3 is 2.06 bits per heavy atom. The zero-order valence-electron chi connectivity index (χ0n) is 18.5. The van der Waals surface area contributed by atoms with Crippen LogP contribution in [-0.2, 0) is 19.6 Å². The molecule has 0 atom stereocenters. The number of nitrogens with zero attached hydrogens (tertiary/aromatic N) is 1. The molecule has 9 heteroatoms. The van der Waals surface area contributed by atoms with Crippen molar-refractivity contribution < 1.29 is 18.0 Å². The van der Waals surface area contributed by atoms with Gasteiger partial charge in [0.25, 0.3) is 0 Å². The van der Waals surface area contributed by atoms with E-state index >= 15 is 0 Å². The molecule has 0 saturated carbocycles. The molecular formula is C22H30N4O4S. The maximum absolute atomic E-state index is 12.5. The van der Waals surface area contributed by atoms with E-state index in [-0.39, 0.29) is 35.8 Å². The Kier molecular flexibility index (Phi) is 8.18. The summed E-state index contributed by atoms with van der Waals surface area (Å²) < 4.78 is 26.3. The highest BCUT2D eigenvalue weighted by molar-refractivity contribution is 7.89. The predicted octanol–water partition coefficient (Wildman–Crippen LogP) is 2.50. The first-order valence-electron chi connectivity index (χ1n) is 9.97. The Bertz CT molecular complexity index is 1010. The average Bonchev–Trinajstić information content (AvgIpc) is 2.73. The zero-order chi connectivity index (χ0) is 23.2. The quantitative estimate of drug-likeness (QED) is 0.549. The second-order valence-corrected chi connectivity index (χ2v) is 9.58. The topological polar surface area (TPSA) is 108 Å². The molecule has 0 bridgehead atoms. The van der Waals surface area contributed by atoms with E-state index < -0.39 is 10.0 Å². The summed E-state index contributed by atoms with van der Waals surface area (Å²) in [4.78, 5) is 24.3. The molecule has 0 aliphatic carbocycles. The smallest absolute Gasteiger partial charge is 0.243 e. The lowest BCUT2D eigenvalue weighted by atomic mass is 10.1. The predicted molar refractivity (Wildman–Crippen MR) is 123 cm³/mol. The number of sulfonamides is 1. The van der Waals surface area contributed by atoms with Crippen LogP contribution in [0, 0.1) is 13.8 Å². The van der Waals surface area contributed by atoms with Crippen LogP contribution in [0.1, 0.15) is 25.0 Å². The summed E-state index contributed by atoms with van der Waals surface area (Å²) in [6.45, 7) is 7.22. The van der Waals surface area contributed by atoms with Gasteiger partial charge in [-0.1, -0.05) is 18.2 Å². The molecular weight excluding hydrogens is 416 g/mol. The summed E-state index contributed by atoms with van der Waals surface area (Å²) in [5.41, 5.74) is 3.25. The molecule has 0 radical (unpaired) electrons. The van der Waals surface area contributed by atoms with Crippen LogP contribution in [0.3, 0.4) is 0 Å². The van der Waals surface area contributed by atoms with E-state index in [0.717, 1.165) is 16.8 Å². The minimum atomic E-state index is -3.55. The Labute approximate surface area is 184 Å². The number of nitrogens with one attached hydrogen (secondary N) is 3. The summed E-state index contributed by atoms with van der Waals surface area (Å²) in [7, 11) is -2.02. The first-order chi connectivity index (χ1) is 14.5. The molecule has 0 aliphatic heterocycles. The lowest BCUT2D eigenvalue weighted by Gasteiger charge is -2.21. The average molecular weight is 447 g/mol. The molecule has 2 aromatic carbocycles. The van der Waals surface area contributed by atoms with Crippen molar-refractivity contribution in [1.29, 1.82) is 0 Å². The van der Waals surface area contributed by atoms with Gasteiger partial charge in [-0.3, -0.25) is 9.59 Å². The summed E-state index contributed by atoms with van der Waals surface area (Å²) in [5.74, 6) is -0.664. The fraction of sp³-hybridized carbons (Fsp3) is 0.364. The normalized spacial score (nSPS) is 11.5. The molecule has 2 aromatic rings. The van der Waals surface area contributed by atoms with Crippen LogP contribution in [0.15, 0.2) is 47.4 Å². The molecule has 0 aromatic heterocycles. The summed E-state index contributed by atoms with van der Waals surface area (Å²) >= 11 is 0. The summed E-state index contributed by atoms with van der Waals surface area (Å²) in [6, 6.07) is 11.8. The van der Waals surface area contributed by atoms with E-state index in [1.165, 1.54) is 23.5 Å². The van der Waals surface area contributed by atoms with Gasteiger partial charge in [0.2, 0.25) is 21.8 Å². The minimum absolute atomic E-state index is 0.0470. The standard InChI is InChI=1S/C22H30N4O4S/c1-15(2)26(5)31(29,30)19-11-9-18(10-12-19)23-13-20(27)24-14-21(28)25-22-16(3)7-6-8-17(22)4/h6-12,15,23H,13-14H2,1-5H3,(H,24,27)(H,25,28). The molecule has 2 rings (SSSR count). The van der Waals surface area contributed by atoms with Crippen LogP contribution in [0.4, 0.5) is 11.4 Å². The highest BCUT2D eigenvalue weighted by Crippen LogP contribution is 2.20. The highest BCUT2D eigenvalue weighted by Gasteiger charge is 2.22. The van der Waals surface area contributed by atoms with Crippen LogP contribution in [-0.4, -0.2) is 50.7 Å². The van der Waals surface area contributed by atoms with E-state index in [9.17, 15) is 18.0 Å². The number of hydrogen-bond acceptors (Lipinski definition) is 5. The number of anilines is 2. The fourth-order valence-electron chi connectivity index (χ4n) is 2.81. The van der Waals surface area contributed by atoms with Gasteiger partial charge in [-0.2, -0.15) is 4.31 Å². The lowest BCUT2D eigenvalue weighted by molar-refractivity contribution is -0.122. The molecule has 168 valence electrons. The van der Waals surface area contributed by atoms with Crippen molar-refractivity contribution >= 4 is 33.2 Å². The lowest BCUT2D eigenvalue weighted by Crippen LogP contribution is -2.36. The first kappa shape index (κ1) is 24.4. The van der Waals surface area contributed by atoms with Crippen LogP contribution in [0.2, 0.25) is 0 Å². The molecule has 0 heterocycles. The van der Waals surface area contributed by atoms with E-state index in [1.54, 1.807) is 26.0 Å². The van der Waals surface area contributed by atoms with E-state index in [1.807, 2.05) is 32.0 Å². The molecule has 0 fully saturated rings. The van der Waals surface area contributed by atoms with Crippen molar-refractivity contribution in [3.8, 4) is 0 Å². The van der Waals surface area contributed by atoms with Crippen molar-refractivity contribution in [1.82, 2.24) is 9.62 Å². The van der Waals surface area contributed by atoms with E-state index in [0.29, 0.717) is 5.69 Å². The Morgan fingerprint density at radius 1 is 0.935 bits per heavy atom. The number of amides is 2. The van der Waals surface area contributed by atoms with Crippen LogP contribution >= 0.6 is 0 Å². The van der Waals surface area contributed by atoms with Gasteiger partial charge in [0, 0.05) is 24.5 Å². The van der Waals surface area contributed by atoms with E-state index in [2.05, 4.69) is 16.0 Å². The van der Waals surface area contributed by atoms with Crippen LogP contribution in [0.25, 0.3) is 0 Å². The molecule has 3 N–H and O–H groups in total. The number of para-hydroxylation sites is 1. The second-order valence-electron chi connectivity index (χ2n) is 7.58. The second kappa shape index (κ2) is 10.4. The van der Waals surface area contributed by atoms with Gasteiger partial charge in [-0.25, -0.2) is 8.42 Å². The number of rotatable bonds is 9. The SMILES string of the molecule is Cc1cccc(C)c1NC(=O)CNC(=O)CNc1ccc(S(=O)(=O)N(C)C(C)C)cc1. The third-order valence-corrected chi connectivity index (χ3v) is 6.95. The monoisotopic (exact) mass is 446 g/mol. The maximum Gasteiger partial charge on any atom is 0.243 e. The molecule has 2 amide bonds. The van der Waals surface area contributed by atoms with Gasteiger partial charge in [0.15, 0.2) is 0 Å². The zero-order valence-corrected chi connectivity index (χ0v) is 19.3. The van der Waals surface area contributed by atoms with Gasteiger partial charge >= 0.3 is 0 Å². The number of carbonyl (C=O) groups is 2. The van der Waals surface area contributed by atoms with Gasteiger partial charge in [0.1, 0.15) is 0 Å². The van der Waals surface area contributed by atoms with Gasteiger partial charge in [-0.05, 0) is 63.1 Å². The van der Waals surface area contributed by atoms with Gasteiger partial charge in [0.05, 0.1) is 18.0 Å². The Balaban J connectivity index is 1.84. The molecule has 31 heavy (non-hydrogen) atoms. The Morgan fingerprint density at radius 2 is 1.52 bits per heavy atom. The molecule has 0 aliphatic rings.